The fourth-order valence-corrected chi connectivity index (χ4v) is 4.42. The van der Waals surface area contributed by atoms with Crippen molar-refractivity contribution in [1.29, 1.82) is 0 Å². The summed E-state index contributed by atoms with van der Waals surface area (Å²) in [6.45, 7) is 17.9. The molecule has 0 aliphatic rings. The summed E-state index contributed by atoms with van der Waals surface area (Å²) < 4.78 is 0. The van der Waals surface area contributed by atoms with Crippen LogP contribution in [0.4, 0.5) is 0 Å². The third-order valence-electron chi connectivity index (χ3n) is 6.60. The molecule has 30 heavy (non-hydrogen) atoms. The molecule has 0 bridgehead atoms. The molecule has 0 unspecified atom stereocenters. The summed E-state index contributed by atoms with van der Waals surface area (Å²) >= 11 is 0. The van der Waals surface area contributed by atoms with Crippen molar-refractivity contribution in [2.24, 2.45) is 0 Å². The molecule has 3 aromatic rings. The summed E-state index contributed by atoms with van der Waals surface area (Å²) in [7, 11) is 0. The van der Waals surface area contributed by atoms with E-state index in [1.54, 1.807) is 0 Å². The molecule has 0 saturated heterocycles. The molecule has 0 radical (unpaired) electrons. The monoisotopic (exact) mass is 394 g/mol. The highest BCUT2D eigenvalue weighted by atomic mass is 14.2. The SMILES string of the molecule is C/C(=C(/C)c1cc(C)c(/C(C)=C(\C)c2ccccc2C)cc1C)c1ccccc1C. The minimum Gasteiger partial charge on any atom is -0.0620 e. The van der Waals surface area contributed by atoms with Crippen LogP contribution in [-0.2, 0) is 0 Å². The molecule has 154 valence electrons. The van der Waals surface area contributed by atoms with Gasteiger partial charge in [-0.05, 0) is 122 Å². The van der Waals surface area contributed by atoms with Gasteiger partial charge in [0, 0.05) is 0 Å². The van der Waals surface area contributed by atoms with E-state index in [2.05, 4.69) is 116 Å². The number of hydrogen-bond acceptors (Lipinski definition) is 0. The van der Waals surface area contributed by atoms with Crippen LogP contribution in [0.25, 0.3) is 22.3 Å². The van der Waals surface area contributed by atoms with Crippen molar-refractivity contribution in [2.45, 2.75) is 55.4 Å². The maximum atomic E-state index is 2.37. The Morgan fingerprint density at radius 3 is 1.03 bits per heavy atom. The second-order valence-electron chi connectivity index (χ2n) is 8.61. The third-order valence-corrected chi connectivity index (χ3v) is 6.60. The van der Waals surface area contributed by atoms with Gasteiger partial charge in [-0.3, -0.25) is 0 Å². The van der Waals surface area contributed by atoms with Crippen molar-refractivity contribution >= 4 is 22.3 Å². The zero-order chi connectivity index (χ0) is 22.0. The van der Waals surface area contributed by atoms with Crippen LogP contribution in [0.1, 0.15) is 72.2 Å². The van der Waals surface area contributed by atoms with Crippen LogP contribution < -0.4 is 0 Å². The van der Waals surface area contributed by atoms with E-state index in [4.69, 9.17) is 0 Å². The predicted octanol–water partition coefficient (Wildman–Crippen LogP) is 8.82. The molecular formula is C30H34. The molecule has 0 N–H and O–H groups in total. The number of allylic oxidation sites excluding steroid dienone is 4. The van der Waals surface area contributed by atoms with Crippen LogP contribution in [0, 0.1) is 27.7 Å². The Balaban J connectivity index is 2.11. The van der Waals surface area contributed by atoms with Crippen molar-refractivity contribution < 1.29 is 0 Å². The largest absolute Gasteiger partial charge is 0.0620 e. The van der Waals surface area contributed by atoms with E-state index in [0.29, 0.717) is 0 Å². The van der Waals surface area contributed by atoms with Crippen molar-refractivity contribution in [1.82, 2.24) is 0 Å². The first-order chi connectivity index (χ1) is 14.2. The summed E-state index contributed by atoms with van der Waals surface area (Å²) in [5, 5.41) is 0. The molecule has 0 aromatic heterocycles. The molecule has 0 heterocycles. The Bertz CT molecular complexity index is 1060. The van der Waals surface area contributed by atoms with E-state index in [1.807, 2.05) is 0 Å². The molecule has 3 aromatic carbocycles. The molecule has 0 aliphatic heterocycles. The first-order valence-corrected chi connectivity index (χ1v) is 10.8. The van der Waals surface area contributed by atoms with Gasteiger partial charge in [-0.2, -0.15) is 0 Å². The topological polar surface area (TPSA) is 0 Å². The number of hydrogen-bond donors (Lipinski definition) is 0. The summed E-state index contributed by atoms with van der Waals surface area (Å²) in [6.07, 6.45) is 0. The minimum absolute atomic E-state index is 1.33. The maximum Gasteiger partial charge on any atom is -0.0192 e. The number of aryl methyl sites for hydroxylation is 4. The second kappa shape index (κ2) is 8.88. The van der Waals surface area contributed by atoms with Crippen molar-refractivity contribution in [3.8, 4) is 0 Å². The molecular weight excluding hydrogens is 360 g/mol. The fraction of sp³-hybridized carbons (Fsp3) is 0.267. The highest BCUT2D eigenvalue weighted by Gasteiger charge is 2.13. The Hall–Kier alpha value is -2.86. The van der Waals surface area contributed by atoms with Gasteiger partial charge in [0.05, 0.1) is 0 Å². The quantitative estimate of drug-likeness (QED) is 0.388. The molecule has 0 spiro atoms. The minimum atomic E-state index is 1.33. The van der Waals surface area contributed by atoms with Crippen molar-refractivity contribution in [2.75, 3.05) is 0 Å². The van der Waals surface area contributed by atoms with Gasteiger partial charge in [0.1, 0.15) is 0 Å². The zero-order valence-corrected chi connectivity index (χ0v) is 19.8. The van der Waals surface area contributed by atoms with Gasteiger partial charge in [0.25, 0.3) is 0 Å². The van der Waals surface area contributed by atoms with Gasteiger partial charge in [0.15, 0.2) is 0 Å². The molecule has 0 nitrogen and oxygen atoms in total. The third kappa shape index (κ3) is 4.19. The van der Waals surface area contributed by atoms with Crippen molar-refractivity contribution in [3.63, 3.8) is 0 Å². The number of benzene rings is 3. The van der Waals surface area contributed by atoms with Crippen LogP contribution >= 0.6 is 0 Å². The molecule has 0 amide bonds. The molecule has 0 fully saturated rings. The summed E-state index contributed by atoms with van der Waals surface area (Å²) in [4.78, 5) is 0. The molecule has 0 saturated carbocycles. The van der Waals surface area contributed by atoms with E-state index in [9.17, 15) is 0 Å². The first kappa shape index (κ1) is 21.8. The van der Waals surface area contributed by atoms with Crippen LogP contribution in [0.2, 0.25) is 0 Å². The average Bonchev–Trinajstić information content (AvgIpc) is 2.73. The lowest BCUT2D eigenvalue weighted by Crippen LogP contribution is -1.97. The maximum absolute atomic E-state index is 2.37. The van der Waals surface area contributed by atoms with Crippen LogP contribution in [0.15, 0.2) is 60.7 Å². The molecule has 0 aliphatic carbocycles. The highest BCUT2D eigenvalue weighted by Crippen LogP contribution is 2.34. The lowest BCUT2D eigenvalue weighted by Gasteiger charge is -2.18. The summed E-state index contributed by atoms with van der Waals surface area (Å²) in [5.41, 5.74) is 16.1. The molecule has 0 heteroatoms. The van der Waals surface area contributed by atoms with Gasteiger partial charge in [-0.15, -0.1) is 0 Å². The van der Waals surface area contributed by atoms with E-state index in [-0.39, 0.29) is 0 Å². The lowest BCUT2D eigenvalue weighted by atomic mass is 9.87. The lowest BCUT2D eigenvalue weighted by molar-refractivity contribution is 1.31. The smallest absolute Gasteiger partial charge is 0.0192 e. The van der Waals surface area contributed by atoms with E-state index in [0.717, 1.165) is 0 Å². The molecule has 3 rings (SSSR count). The fourth-order valence-electron chi connectivity index (χ4n) is 4.42. The summed E-state index contributed by atoms with van der Waals surface area (Å²) in [6, 6.07) is 22.0. The first-order valence-electron chi connectivity index (χ1n) is 10.8. The van der Waals surface area contributed by atoms with Crippen LogP contribution in [0.5, 0.6) is 0 Å². The highest BCUT2D eigenvalue weighted by molar-refractivity contribution is 5.93. The Labute approximate surface area is 183 Å². The molecule has 0 atom stereocenters. The van der Waals surface area contributed by atoms with Gasteiger partial charge in [-0.25, -0.2) is 0 Å². The van der Waals surface area contributed by atoms with Gasteiger partial charge in [0.2, 0.25) is 0 Å². The Morgan fingerprint density at radius 1 is 0.400 bits per heavy atom. The van der Waals surface area contributed by atoms with Gasteiger partial charge < -0.3 is 0 Å². The zero-order valence-electron chi connectivity index (χ0n) is 19.8. The standard InChI is InChI=1S/C30H34/c1-19-13-9-11-15-27(19)23(5)25(7)29-17-22(4)30(18-21(29)3)26(8)24(6)28-16-12-10-14-20(28)2/h9-18H,1-8H3/b25-23+,26-24+. The second-order valence-corrected chi connectivity index (χ2v) is 8.61. The normalized spacial score (nSPS) is 13.1. The van der Waals surface area contributed by atoms with Crippen molar-refractivity contribution in [3.05, 3.63) is 105 Å². The Kier molecular flexibility index (Phi) is 6.46. The van der Waals surface area contributed by atoms with Gasteiger partial charge >= 0.3 is 0 Å². The predicted molar refractivity (Wildman–Crippen MR) is 135 cm³/mol. The average molecular weight is 395 g/mol. The Morgan fingerprint density at radius 2 is 0.700 bits per heavy atom. The van der Waals surface area contributed by atoms with E-state index >= 15 is 0 Å². The van der Waals surface area contributed by atoms with E-state index in [1.165, 1.54) is 66.8 Å². The van der Waals surface area contributed by atoms with E-state index < -0.39 is 0 Å². The van der Waals surface area contributed by atoms with Gasteiger partial charge in [-0.1, -0.05) is 60.7 Å². The number of rotatable bonds is 4. The van der Waals surface area contributed by atoms with Crippen LogP contribution in [0.3, 0.4) is 0 Å². The summed E-state index contributed by atoms with van der Waals surface area (Å²) in [5.74, 6) is 0. The van der Waals surface area contributed by atoms with Crippen LogP contribution in [-0.4, -0.2) is 0 Å².